The third-order valence-electron chi connectivity index (χ3n) is 5.79. The number of rotatable bonds is 11. The van der Waals surface area contributed by atoms with Crippen LogP contribution in [0.3, 0.4) is 0 Å². The number of carbonyl (C=O) groups excluding carboxylic acids is 2. The maximum absolute atomic E-state index is 13.6. The minimum atomic E-state index is -1.05. The number of amides is 2. The van der Waals surface area contributed by atoms with Crippen LogP contribution in [0, 0.1) is 17.8 Å². The number of nitrogens with zero attached hydrogens (tertiary/aromatic N) is 1. The normalized spacial score (nSPS) is 16.0. The average Bonchev–Trinajstić information content (AvgIpc) is 3.24. The number of benzene rings is 1. The van der Waals surface area contributed by atoms with Gasteiger partial charge in [-0.3, -0.25) is 9.59 Å². The molecular weight excluding hydrogens is 394 g/mol. The van der Waals surface area contributed by atoms with E-state index < -0.39 is 29.8 Å². The first-order valence-corrected chi connectivity index (χ1v) is 11.2. The summed E-state index contributed by atoms with van der Waals surface area (Å²) >= 11 is 0. The van der Waals surface area contributed by atoms with Gasteiger partial charge in [0.15, 0.2) is 0 Å². The van der Waals surface area contributed by atoms with Crippen LogP contribution in [0.25, 0.3) is 0 Å². The third-order valence-corrected chi connectivity index (χ3v) is 5.79. The van der Waals surface area contributed by atoms with Crippen LogP contribution < -0.4 is 0 Å². The fourth-order valence-electron chi connectivity index (χ4n) is 4.15. The Bertz CT molecular complexity index is 740. The number of hydrogen-bond donors (Lipinski definition) is 1. The summed E-state index contributed by atoms with van der Waals surface area (Å²) in [6.07, 6.45) is 5.33. The second-order valence-electron chi connectivity index (χ2n) is 8.72. The lowest BCUT2D eigenvalue weighted by molar-refractivity contribution is -0.150. The van der Waals surface area contributed by atoms with Crippen molar-refractivity contribution in [1.29, 1.82) is 0 Å². The minimum absolute atomic E-state index is 0.0995. The maximum atomic E-state index is 13.6. The molecule has 0 heterocycles. The predicted octanol–water partition coefficient (Wildman–Crippen LogP) is 5.08. The highest BCUT2D eigenvalue weighted by atomic mass is 16.6. The zero-order chi connectivity index (χ0) is 22.8. The largest absolute Gasteiger partial charge is 0.481 e. The zero-order valence-corrected chi connectivity index (χ0v) is 18.7. The Morgan fingerprint density at radius 1 is 1.16 bits per heavy atom. The van der Waals surface area contributed by atoms with Gasteiger partial charge in [-0.25, -0.2) is 9.69 Å². The minimum Gasteiger partial charge on any atom is -0.481 e. The molecule has 1 aliphatic carbocycles. The van der Waals surface area contributed by atoms with Crippen LogP contribution >= 0.6 is 0 Å². The van der Waals surface area contributed by atoms with Gasteiger partial charge in [0.2, 0.25) is 5.91 Å². The highest BCUT2D eigenvalue weighted by molar-refractivity contribution is 5.95. The van der Waals surface area contributed by atoms with Gasteiger partial charge in [-0.2, -0.15) is 0 Å². The molecule has 31 heavy (non-hydrogen) atoms. The standard InChI is InChI=1S/C25H35NO5/c1-4-10-21(24(28)29)22(17-18(2)3)23(27)26(16-15-19-11-6-5-7-12-19)25(30)31-20-13-8-9-14-20/h4-7,11-12,18,20-22H,1,8-10,13-17H2,2-3H3,(H,28,29)/t21-,22?/m0/s1. The van der Waals surface area contributed by atoms with Crippen LogP contribution in [0.5, 0.6) is 0 Å². The van der Waals surface area contributed by atoms with Crippen molar-refractivity contribution in [3.05, 3.63) is 48.6 Å². The van der Waals surface area contributed by atoms with Crippen molar-refractivity contribution in [1.82, 2.24) is 4.90 Å². The molecule has 0 spiro atoms. The number of hydrogen-bond acceptors (Lipinski definition) is 4. The number of carbonyl (C=O) groups is 3. The molecule has 1 aromatic rings. The third kappa shape index (κ3) is 7.53. The molecule has 0 radical (unpaired) electrons. The Kier molecular flexibility index (Phi) is 9.76. The lowest BCUT2D eigenvalue weighted by Gasteiger charge is -2.30. The van der Waals surface area contributed by atoms with E-state index >= 15 is 0 Å². The topological polar surface area (TPSA) is 83.9 Å². The number of aliphatic carboxylic acids is 1. The van der Waals surface area contributed by atoms with E-state index in [-0.39, 0.29) is 25.0 Å². The molecule has 1 saturated carbocycles. The summed E-state index contributed by atoms with van der Waals surface area (Å²) in [6, 6.07) is 9.60. The second kappa shape index (κ2) is 12.3. The Morgan fingerprint density at radius 3 is 2.35 bits per heavy atom. The summed E-state index contributed by atoms with van der Waals surface area (Å²) in [7, 11) is 0. The first-order valence-electron chi connectivity index (χ1n) is 11.2. The van der Waals surface area contributed by atoms with Crippen molar-refractivity contribution in [2.24, 2.45) is 17.8 Å². The van der Waals surface area contributed by atoms with Crippen molar-refractivity contribution in [2.45, 2.75) is 64.9 Å². The molecule has 0 saturated heterocycles. The Labute approximate surface area is 185 Å². The molecule has 1 aromatic carbocycles. The van der Waals surface area contributed by atoms with Crippen molar-refractivity contribution in [3.63, 3.8) is 0 Å². The SMILES string of the molecule is C=CC[C@H](C(=O)O)C(CC(C)C)C(=O)N(CCc1ccccc1)C(=O)OC1CCCC1. The molecule has 2 atom stereocenters. The van der Waals surface area contributed by atoms with E-state index in [1.807, 2.05) is 44.2 Å². The smallest absolute Gasteiger partial charge is 0.416 e. The Morgan fingerprint density at radius 2 is 1.81 bits per heavy atom. The van der Waals surface area contributed by atoms with E-state index in [0.717, 1.165) is 36.1 Å². The molecule has 1 unspecified atom stereocenters. The van der Waals surface area contributed by atoms with Crippen LogP contribution in [0.15, 0.2) is 43.0 Å². The summed E-state index contributed by atoms with van der Waals surface area (Å²) < 4.78 is 5.64. The monoisotopic (exact) mass is 429 g/mol. The molecule has 1 fully saturated rings. The summed E-state index contributed by atoms with van der Waals surface area (Å²) in [5.41, 5.74) is 0.996. The van der Waals surface area contributed by atoms with E-state index in [4.69, 9.17) is 4.74 Å². The van der Waals surface area contributed by atoms with E-state index in [1.54, 1.807) is 0 Å². The van der Waals surface area contributed by atoms with Gasteiger partial charge in [0.05, 0.1) is 11.8 Å². The van der Waals surface area contributed by atoms with Crippen LogP contribution in [0.4, 0.5) is 4.79 Å². The van der Waals surface area contributed by atoms with Crippen molar-refractivity contribution in [2.75, 3.05) is 6.54 Å². The maximum Gasteiger partial charge on any atom is 0.416 e. The highest BCUT2D eigenvalue weighted by Crippen LogP contribution is 2.28. The fourth-order valence-corrected chi connectivity index (χ4v) is 4.15. The zero-order valence-electron chi connectivity index (χ0n) is 18.7. The molecule has 2 amide bonds. The number of ether oxygens (including phenoxy) is 1. The molecule has 0 aromatic heterocycles. The average molecular weight is 430 g/mol. The number of imide groups is 1. The highest BCUT2D eigenvalue weighted by Gasteiger charge is 2.39. The summed E-state index contributed by atoms with van der Waals surface area (Å²) in [6.45, 7) is 7.69. The number of carboxylic acid groups (broad SMARTS) is 1. The second-order valence-corrected chi connectivity index (χ2v) is 8.72. The summed E-state index contributed by atoms with van der Waals surface area (Å²) in [5, 5.41) is 9.76. The van der Waals surface area contributed by atoms with Crippen LogP contribution in [-0.4, -0.2) is 40.6 Å². The Hall–Kier alpha value is -2.63. The fraction of sp³-hybridized carbons (Fsp3) is 0.560. The number of carboxylic acids is 1. The molecule has 1 N–H and O–H groups in total. The van der Waals surface area contributed by atoms with Gasteiger partial charge in [0, 0.05) is 6.54 Å². The van der Waals surface area contributed by atoms with E-state index in [1.165, 1.54) is 6.08 Å². The van der Waals surface area contributed by atoms with Gasteiger partial charge in [0.25, 0.3) is 0 Å². The van der Waals surface area contributed by atoms with Crippen LogP contribution in [0.1, 0.15) is 57.9 Å². The quantitative estimate of drug-likeness (QED) is 0.496. The van der Waals surface area contributed by atoms with Gasteiger partial charge in [0.1, 0.15) is 6.10 Å². The van der Waals surface area contributed by atoms with Crippen molar-refractivity contribution < 1.29 is 24.2 Å². The molecule has 0 aliphatic heterocycles. The van der Waals surface area contributed by atoms with Crippen LogP contribution in [0.2, 0.25) is 0 Å². The first-order chi connectivity index (χ1) is 14.8. The molecule has 6 heteroatoms. The van der Waals surface area contributed by atoms with Crippen molar-refractivity contribution in [3.8, 4) is 0 Å². The summed E-state index contributed by atoms with van der Waals surface area (Å²) in [5.74, 6) is -3.16. The molecular formula is C25H35NO5. The predicted molar refractivity (Wildman–Crippen MR) is 119 cm³/mol. The van der Waals surface area contributed by atoms with Gasteiger partial charge >= 0.3 is 12.1 Å². The van der Waals surface area contributed by atoms with Crippen molar-refractivity contribution >= 4 is 18.0 Å². The lowest BCUT2D eigenvalue weighted by Crippen LogP contribution is -2.46. The van der Waals surface area contributed by atoms with E-state index in [9.17, 15) is 19.5 Å². The van der Waals surface area contributed by atoms with Gasteiger partial charge in [-0.15, -0.1) is 6.58 Å². The number of allylic oxidation sites excluding steroid dienone is 1. The van der Waals surface area contributed by atoms with E-state index in [0.29, 0.717) is 12.8 Å². The molecule has 0 bridgehead atoms. The van der Waals surface area contributed by atoms with Gasteiger partial charge in [-0.1, -0.05) is 50.3 Å². The molecule has 2 rings (SSSR count). The molecule has 6 nitrogen and oxygen atoms in total. The van der Waals surface area contributed by atoms with Gasteiger partial charge in [-0.05, 0) is 56.4 Å². The van der Waals surface area contributed by atoms with Crippen LogP contribution in [-0.2, 0) is 20.7 Å². The lowest BCUT2D eigenvalue weighted by atomic mass is 9.82. The van der Waals surface area contributed by atoms with E-state index in [2.05, 4.69) is 6.58 Å². The van der Waals surface area contributed by atoms with Gasteiger partial charge < -0.3 is 9.84 Å². The summed E-state index contributed by atoms with van der Waals surface area (Å²) in [4.78, 5) is 39.7. The first kappa shape index (κ1) is 24.6. The molecule has 170 valence electrons. The molecule has 1 aliphatic rings. The Balaban J connectivity index is 2.27.